The van der Waals surface area contributed by atoms with Crippen molar-refractivity contribution >= 4 is 15.9 Å². The first-order valence-corrected chi connectivity index (χ1v) is 6.54. The lowest BCUT2D eigenvalue weighted by Gasteiger charge is -2.21. The van der Waals surface area contributed by atoms with Gasteiger partial charge in [0, 0.05) is 6.07 Å². The Morgan fingerprint density at radius 1 is 1.11 bits per heavy atom. The van der Waals surface area contributed by atoms with Crippen molar-refractivity contribution in [1.29, 1.82) is 0 Å². The first kappa shape index (κ1) is 12.5. The number of anilines is 1. The topological polar surface area (TPSA) is 97.5 Å². The van der Waals surface area contributed by atoms with Crippen LogP contribution in [0, 0.1) is 0 Å². The molecule has 0 aliphatic carbocycles. The van der Waals surface area contributed by atoms with Crippen LogP contribution in [0.2, 0.25) is 0 Å². The fourth-order valence-corrected chi connectivity index (χ4v) is 2.29. The van der Waals surface area contributed by atoms with E-state index in [2.05, 4.69) is 0 Å². The molecule has 0 saturated heterocycles. The van der Waals surface area contributed by atoms with Crippen LogP contribution in [0.25, 0.3) is 0 Å². The molecular formula is C11H10N2O4S. The fourth-order valence-electron chi connectivity index (χ4n) is 1.55. The van der Waals surface area contributed by atoms with Gasteiger partial charge in [-0.3, -0.25) is 9.59 Å². The summed E-state index contributed by atoms with van der Waals surface area (Å²) < 4.78 is 23.6. The van der Waals surface area contributed by atoms with Gasteiger partial charge >= 0.3 is 0 Å². The normalized spacial score (nSPS) is 11.6. The zero-order valence-electron chi connectivity index (χ0n) is 9.24. The van der Waals surface area contributed by atoms with E-state index in [-0.39, 0.29) is 12.2 Å². The number of hydrogen-bond donors (Lipinski definition) is 1. The van der Waals surface area contributed by atoms with Crippen LogP contribution in [-0.2, 0) is 16.8 Å². The first-order valence-electron chi connectivity index (χ1n) is 5.04. The fraction of sp³-hybridized carbons (Fsp3) is 0.0909. The Morgan fingerprint density at radius 3 is 2.17 bits per heavy atom. The van der Waals surface area contributed by atoms with Gasteiger partial charge in [-0.25, -0.2) is 9.44 Å². The van der Waals surface area contributed by atoms with Crippen molar-refractivity contribution in [3.05, 3.63) is 62.4 Å². The summed E-state index contributed by atoms with van der Waals surface area (Å²) in [7, 11) is -4.09. The van der Waals surface area contributed by atoms with E-state index >= 15 is 0 Å². The van der Waals surface area contributed by atoms with Crippen LogP contribution in [0.15, 0.2) is 46.0 Å². The monoisotopic (exact) mass is 266 g/mol. The van der Waals surface area contributed by atoms with Crippen LogP contribution in [0.4, 0.5) is 5.69 Å². The van der Waals surface area contributed by atoms with Crippen molar-refractivity contribution in [1.82, 2.24) is 0 Å². The average molecular weight is 266 g/mol. The summed E-state index contributed by atoms with van der Waals surface area (Å²) in [6.45, 7) is -0.0788. The molecular weight excluding hydrogens is 256 g/mol. The zero-order chi connectivity index (χ0) is 13.3. The molecule has 18 heavy (non-hydrogen) atoms. The molecule has 0 spiro atoms. The van der Waals surface area contributed by atoms with Gasteiger partial charge in [0.25, 0.3) is 10.2 Å². The summed E-state index contributed by atoms with van der Waals surface area (Å²) >= 11 is 0. The van der Waals surface area contributed by atoms with Gasteiger partial charge in [0.2, 0.25) is 10.9 Å². The minimum absolute atomic E-state index is 0.0788. The summed E-state index contributed by atoms with van der Waals surface area (Å²) in [6, 6.07) is 9.61. The van der Waals surface area contributed by atoms with Crippen LogP contribution >= 0.6 is 0 Å². The smallest absolute Gasteiger partial charge is 0.285 e. The maximum Gasteiger partial charge on any atom is 0.299 e. The molecule has 0 heterocycles. The molecule has 0 aliphatic rings. The van der Waals surface area contributed by atoms with E-state index in [4.69, 9.17) is 5.14 Å². The second-order valence-corrected chi connectivity index (χ2v) is 5.23. The number of nitrogens with two attached hydrogens (primary N) is 1. The molecule has 0 saturated carbocycles. The van der Waals surface area contributed by atoms with Crippen LogP contribution < -0.4 is 20.3 Å². The zero-order valence-corrected chi connectivity index (χ0v) is 10.1. The molecule has 7 heteroatoms. The lowest BCUT2D eigenvalue weighted by Crippen LogP contribution is -2.44. The highest BCUT2D eigenvalue weighted by Gasteiger charge is 2.25. The Morgan fingerprint density at radius 2 is 1.72 bits per heavy atom. The third-order valence-electron chi connectivity index (χ3n) is 2.47. The Bertz CT molecular complexity index is 730. The van der Waals surface area contributed by atoms with Gasteiger partial charge in [-0.2, -0.15) is 8.42 Å². The Balaban J connectivity index is 2.38. The highest BCUT2D eigenvalue weighted by atomic mass is 32.2. The molecule has 6 nitrogen and oxygen atoms in total. The Hall–Kier alpha value is -1.99. The van der Waals surface area contributed by atoms with E-state index in [0.717, 1.165) is 10.4 Å². The molecule has 0 fully saturated rings. The van der Waals surface area contributed by atoms with Gasteiger partial charge in [-0.05, 0) is 5.56 Å². The van der Waals surface area contributed by atoms with Gasteiger partial charge in [-0.15, -0.1) is 0 Å². The van der Waals surface area contributed by atoms with Crippen LogP contribution in [0.5, 0.6) is 0 Å². The summed E-state index contributed by atoms with van der Waals surface area (Å²) in [5.41, 5.74) is -1.07. The van der Waals surface area contributed by atoms with Gasteiger partial charge in [0.1, 0.15) is 5.69 Å². The van der Waals surface area contributed by atoms with E-state index in [1.54, 1.807) is 30.3 Å². The summed E-state index contributed by atoms with van der Waals surface area (Å²) in [4.78, 5) is 22.1. The second kappa shape index (κ2) is 4.35. The van der Waals surface area contributed by atoms with Gasteiger partial charge in [-0.1, -0.05) is 30.3 Å². The van der Waals surface area contributed by atoms with E-state index in [1.807, 2.05) is 0 Å². The molecule has 2 aromatic rings. The summed E-state index contributed by atoms with van der Waals surface area (Å²) in [5, 5.41) is 5.04. The maximum atomic E-state index is 11.4. The quantitative estimate of drug-likeness (QED) is 0.754. The molecule has 2 N–H and O–H groups in total. The van der Waals surface area contributed by atoms with Gasteiger partial charge < -0.3 is 0 Å². The molecule has 0 radical (unpaired) electrons. The third kappa shape index (κ3) is 2.31. The van der Waals surface area contributed by atoms with Gasteiger partial charge in [0.05, 0.1) is 6.54 Å². The van der Waals surface area contributed by atoms with Crippen LogP contribution in [0.1, 0.15) is 5.56 Å². The lowest BCUT2D eigenvalue weighted by atomic mass is 10.2. The van der Waals surface area contributed by atoms with Crippen LogP contribution in [0.3, 0.4) is 0 Å². The predicted molar refractivity (Wildman–Crippen MR) is 67.1 cm³/mol. The van der Waals surface area contributed by atoms with Crippen molar-refractivity contribution in [2.45, 2.75) is 6.54 Å². The molecule has 0 unspecified atom stereocenters. The third-order valence-corrected chi connectivity index (χ3v) is 3.41. The molecule has 2 rings (SSSR count). The predicted octanol–water partition coefficient (Wildman–Crippen LogP) is -0.507. The molecule has 0 atom stereocenters. The first-order chi connectivity index (χ1) is 8.39. The highest BCUT2D eigenvalue weighted by molar-refractivity contribution is 7.90. The molecule has 0 bridgehead atoms. The van der Waals surface area contributed by atoms with E-state index in [9.17, 15) is 18.0 Å². The summed E-state index contributed by atoms with van der Waals surface area (Å²) in [6.07, 6.45) is 0. The second-order valence-electron chi connectivity index (χ2n) is 3.76. The maximum absolute atomic E-state index is 11.4. The molecule has 0 amide bonds. The van der Waals surface area contributed by atoms with Crippen LogP contribution in [-0.4, -0.2) is 8.42 Å². The Labute approximate surface area is 103 Å². The standard InChI is InChI=1S/C11H10N2O4S/c12-18(16,17)13(9-6-10(14)11(9)15)7-8-4-2-1-3-5-8/h1-6H,7H2,(H2,12,16,17). The van der Waals surface area contributed by atoms with E-state index in [0.29, 0.717) is 5.56 Å². The Kier molecular flexibility index (Phi) is 3.02. The summed E-state index contributed by atoms with van der Waals surface area (Å²) in [5.74, 6) is 0. The SMILES string of the molecule is NS(=O)(=O)N(Cc1ccccc1)c1cc(=O)c1=O. The lowest BCUT2D eigenvalue weighted by molar-refractivity contribution is 0.592. The average Bonchev–Trinajstić information content (AvgIpc) is 2.33. The number of nitrogens with zero attached hydrogens (tertiary/aromatic N) is 1. The van der Waals surface area contributed by atoms with Crippen molar-refractivity contribution in [3.8, 4) is 0 Å². The van der Waals surface area contributed by atoms with Crippen molar-refractivity contribution < 1.29 is 8.42 Å². The molecule has 94 valence electrons. The molecule has 0 aromatic heterocycles. The van der Waals surface area contributed by atoms with Crippen molar-refractivity contribution in [3.63, 3.8) is 0 Å². The molecule has 0 aliphatic heterocycles. The largest absolute Gasteiger partial charge is 0.299 e. The molecule has 2 aromatic carbocycles. The van der Waals surface area contributed by atoms with Crippen molar-refractivity contribution in [2.24, 2.45) is 5.14 Å². The van der Waals surface area contributed by atoms with Crippen molar-refractivity contribution in [2.75, 3.05) is 4.31 Å². The van der Waals surface area contributed by atoms with E-state index < -0.39 is 21.1 Å². The minimum Gasteiger partial charge on any atom is -0.285 e. The minimum atomic E-state index is -4.09. The number of benzene rings is 1. The highest BCUT2D eigenvalue weighted by Crippen LogP contribution is 2.14. The van der Waals surface area contributed by atoms with Gasteiger partial charge in [0.15, 0.2) is 0 Å². The van der Waals surface area contributed by atoms with E-state index in [1.165, 1.54) is 0 Å². The number of rotatable bonds is 4. The number of hydrogen-bond acceptors (Lipinski definition) is 4.